The van der Waals surface area contributed by atoms with Gasteiger partial charge in [-0.1, -0.05) is 24.6 Å². The summed E-state index contributed by atoms with van der Waals surface area (Å²) in [6.07, 6.45) is 4.11. The second-order valence-electron chi connectivity index (χ2n) is 5.75. The summed E-state index contributed by atoms with van der Waals surface area (Å²) in [6, 6.07) is 3.55. The van der Waals surface area contributed by atoms with E-state index in [-0.39, 0.29) is 5.78 Å². The third-order valence-corrected chi connectivity index (χ3v) is 4.17. The molecule has 1 heterocycles. The Labute approximate surface area is 153 Å². The van der Waals surface area contributed by atoms with Crippen LogP contribution < -0.4 is 9.47 Å². The molecule has 0 aliphatic carbocycles. The Bertz CT molecular complexity index is 809. The van der Waals surface area contributed by atoms with Crippen LogP contribution in [0.2, 0.25) is 5.02 Å². The van der Waals surface area contributed by atoms with E-state index in [1.165, 1.54) is 6.08 Å². The Kier molecular flexibility index (Phi) is 6.26. The number of nitrogens with zero attached hydrogens (tertiary/aromatic N) is 2. The minimum Gasteiger partial charge on any atom is -0.493 e. The van der Waals surface area contributed by atoms with Crippen molar-refractivity contribution in [2.45, 2.75) is 27.2 Å². The van der Waals surface area contributed by atoms with E-state index in [0.29, 0.717) is 34.4 Å². The van der Waals surface area contributed by atoms with Crippen molar-refractivity contribution in [2.24, 2.45) is 7.05 Å². The molecule has 0 N–H and O–H groups in total. The number of aryl methyl sites for hydroxylation is 2. The fraction of sp³-hybridized carbons (Fsp3) is 0.368. The van der Waals surface area contributed by atoms with E-state index in [9.17, 15) is 4.79 Å². The average molecular weight is 363 g/mol. The number of halogens is 1. The van der Waals surface area contributed by atoms with Crippen molar-refractivity contribution >= 4 is 23.5 Å². The van der Waals surface area contributed by atoms with Crippen LogP contribution in [0.1, 0.15) is 40.7 Å². The first kappa shape index (κ1) is 19.1. The van der Waals surface area contributed by atoms with Gasteiger partial charge in [-0.25, -0.2) is 0 Å². The fourth-order valence-corrected chi connectivity index (χ4v) is 2.84. The van der Waals surface area contributed by atoms with E-state index in [0.717, 1.165) is 17.7 Å². The lowest BCUT2D eigenvalue weighted by atomic mass is 10.1. The zero-order chi connectivity index (χ0) is 18.6. The van der Waals surface area contributed by atoms with Gasteiger partial charge in [-0.05, 0) is 44.0 Å². The number of benzene rings is 1. The molecular weight excluding hydrogens is 340 g/mol. The molecule has 0 amide bonds. The van der Waals surface area contributed by atoms with E-state index in [4.69, 9.17) is 21.1 Å². The molecular formula is C19H23ClN2O3. The van der Waals surface area contributed by atoms with Crippen LogP contribution >= 0.6 is 11.6 Å². The van der Waals surface area contributed by atoms with Crippen LogP contribution in [0.4, 0.5) is 0 Å². The highest BCUT2D eigenvalue weighted by molar-refractivity contribution is 6.32. The topological polar surface area (TPSA) is 53.3 Å². The lowest BCUT2D eigenvalue weighted by Gasteiger charge is -2.12. The van der Waals surface area contributed by atoms with Gasteiger partial charge < -0.3 is 9.47 Å². The second kappa shape index (κ2) is 8.21. The van der Waals surface area contributed by atoms with Crippen molar-refractivity contribution in [3.05, 3.63) is 45.7 Å². The minimum absolute atomic E-state index is 0.0931. The summed E-state index contributed by atoms with van der Waals surface area (Å²) in [5, 5.41) is 4.73. The molecule has 0 saturated heterocycles. The molecule has 5 nitrogen and oxygen atoms in total. The summed E-state index contributed by atoms with van der Waals surface area (Å²) in [4.78, 5) is 12.5. The summed E-state index contributed by atoms with van der Waals surface area (Å²) >= 11 is 6.30. The van der Waals surface area contributed by atoms with Crippen molar-refractivity contribution in [3.63, 3.8) is 0 Å². The quantitative estimate of drug-likeness (QED) is 0.541. The highest BCUT2D eigenvalue weighted by Crippen LogP contribution is 2.37. The normalized spacial score (nSPS) is 11.1. The minimum atomic E-state index is -0.0931. The summed E-state index contributed by atoms with van der Waals surface area (Å²) in [6.45, 7) is 6.28. The van der Waals surface area contributed by atoms with Gasteiger partial charge in [0.15, 0.2) is 17.3 Å². The molecule has 0 unspecified atom stereocenters. The number of allylic oxidation sites excluding steroid dienone is 1. The number of hydrogen-bond acceptors (Lipinski definition) is 4. The van der Waals surface area contributed by atoms with Gasteiger partial charge in [0.05, 0.1) is 30.0 Å². The van der Waals surface area contributed by atoms with Gasteiger partial charge in [0.25, 0.3) is 0 Å². The Morgan fingerprint density at radius 3 is 2.64 bits per heavy atom. The largest absolute Gasteiger partial charge is 0.493 e. The fourth-order valence-electron chi connectivity index (χ4n) is 2.57. The first-order chi connectivity index (χ1) is 11.9. The van der Waals surface area contributed by atoms with E-state index >= 15 is 0 Å². The van der Waals surface area contributed by atoms with Crippen molar-refractivity contribution in [2.75, 3.05) is 13.7 Å². The lowest BCUT2D eigenvalue weighted by molar-refractivity contribution is 0.104. The molecule has 0 spiro atoms. The predicted molar refractivity (Wildman–Crippen MR) is 99.8 cm³/mol. The van der Waals surface area contributed by atoms with Gasteiger partial charge in [-0.3, -0.25) is 9.48 Å². The van der Waals surface area contributed by atoms with Crippen LogP contribution in [0.25, 0.3) is 6.08 Å². The molecule has 6 heteroatoms. The van der Waals surface area contributed by atoms with Crippen LogP contribution in [-0.4, -0.2) is 29.3 Å². The molecule has 0 radical (unpaired) electrons. The molecule has 2 rings (SSSR count). The molecule has 1 aromatic heterocycles. The van der Waals surface area contributed by atoms with Crippen LogP contribution in [0.15, 0.2) is 18.2 Å². The van der Waals surface area contributed by atoms with Crippen molar-refractivity contribution in [1.82, 2.24) is 9.78 Å². The Morgan fingerprint density at radius 2 is 2.08 bits per heavy atom. The standard InChI is InChI=1S/C19H23ClN2O3/c1-6-9-25-19-15(20)10-14(11-17(19)24-5)7-8-16(23)18-12(2)21-22(4)13(18)3/h7-8,10-11H,6,9H2,1-5H3. The van der Waals surface area contributed by atoms with E-state index < -0.39 is 0 Å². The Balaban J connectivity index is 2.29. The monoisotopic (exact) mass is 362 g/mol. The summed E-state index contributed by atoms with van der Waals surface area (Å²) in [7, 11) is 3.38. The maximum Gasteiger partial charge on any atom is 0.189 e. The molecule has 0 aliphatic rings. The van der Waals surface area contributed by atoms with Crippen molar-refractivity contribution < 1.29 is 14.3 Å². The highest BCUT2D eigenvalue weighted by atomic mass is 35.5. The molecule has 0 bridgehead atoms. The summed E-state index contributed by atoms with van der Waals surface area (Å²) < 4.78 is 12.7. The van der Waals surface area contributed by atoms with E-state index in [2.05, 4.69) is 5.10 Å². The highest BCUT2D eigenvalue weighted by Gasteiger charge is 2.15. The summed E-state index contributed by atoms with van der Waals surface area (Å²) in [5.74, 6) is 0.972. The smallest absolute Gasteiger partial charge is 0.189 e. The first-order valence-electron chi connectivity index (χ1n) is 8.12. The number of ether oxygens (including phenoxy) is 2. The van der Waals surface area contributed by atoms with Gasteiger partial charge >= 0.3 is 0 Å². The van der Waals surface area contributed by atoms with Crippen molar-refractivity contribution in [3.8, 4) is 11.5 Å². The Morgan fingerprint density at radius 1 is 1.36 bits per heavy atom. The molecule has 134 valence electrons. The number of hydrogen-bond donors (Lipinski definition) is 0. The van der Waals surface area contributed by atoms with Gasteiger partial charge in [0, 0.05) is 12.7 Å². The number of ketones is 1. The van der Waals surface area contributed by atoms with Gasteiger partial charge in [-0.2, -0.15) is 5.10 Å². The number of carbonyl (C=O) groups excluding carboxylic acids is 1. The maximum absolute atomic E-state index is 12.5. The summed E-state index contributed by atoms with van der Waals surface area (Å²) in [5.41, 5.74) is 2.94. The van der Waals surface area contributed by atoms with E-state index in [1.54, 1.807) is 30.0 Å². The molecule has 25 heavy (non-hydrogen) atoms. The van der Waals surface area contributed by atoms with Gasteiger partial charge in [-0.15, -0.1) is 0 Å². The molecule has 0 atom stereocenters. The number of aromatic nitrogens is 2. The molecule has 1 aromatic carbocycles. The number of carbonyl (C=O) groups is 1. The average Bonchev–Trinajstić information content (AvgIpc) is 2.83. The second-order valence-corrected chi connectivity index (χ2v) is 6.16. The molecule has 2 aromatic rings. The number of methoxy groups -OCH3 is 1. The van der Waals surface area contributed by atoms with Crippen LogP contribution in [0.3, 0.4) is 0 Å². The molecule has 0 fully saturated rings. The predicted octanol–water partition coefficient (Wildman–Crippen LogP) is 4.38. The molecule has 0 aliphatic heterocycles. The number of rotatable bonds is 7. The SMILES string of the molecule is CCCOc1c(Cl)cc(C=CC(=O)c2c(C)nn(C)c2C)cc1OC. The third-order valence-electron chi connectivity index (χ3n) is 3.88. The van der Waals surface area contributed by atoms with Crippen LogP contribution in [-0.2, 0) is 7.05 Å². The van der Waals surface area contributed by atoms with E-state index in [1.807, 2.05) is 27.8 Å². The zero-order valence-corrected chi connectivity index (χ0v) is 16.0. The third kappa shape index (κ3) is 4.23. The lowest BCUT2D eigenvalue weighted by Crippen LogP contribution is -2.00. The first-order valence-corrected chi connectivity index (χ1v) is 8.49. The zero-order valence-electron chi connectivity index (χ0n) is 15.2. The maximum atomic E-state index is 12.5. The van der Waals surface area contributed by atoms with Crippen molar-refractivity contribution in [1.29, 1.82) is 0 Å². The van der Waals surface area contributed by atoms with Crippen LogP contribution in [0.5, 0.6) is 11.5 Å². The van der Waals surface area contributed by atoms with Gasteiger partial charge in [0.1, 0.15) is 0 Å². The van der Waals surface area contributed by atoms with Crippen LogP contribution in [0, 0.1) is 13.8 Å². The van der Waals surface area contributed by atoms with Gasteiger partial charge in [0.2, 0.25) is 0 Å². The molecule has 0 saturated carbocycles. The Hall–Kier alpha value is -2.27.